The summed E-state index contributed by atoms with van der Waals surface area (Å²) in [6.45, 7) is 2.20. The Bertz CT molecular complexity index is 339. The summed E-state index contributed by atoms with van der Waals surface area (Å²) in [4.78, 5) is 12.4. The van der Waals surface area contributed by atoms with Gasteiger partial charge in [0.05, 0.1) is 0 Å². The fourth-order valence-corrected chi connectivity index (χ4v) is 3.70. The third kappa shape index (κ3) is 1.32. The Labute approximate surface area is 91.2 Å². The van der Waals surface area contributed by atoms with Gasteiger partial charge in [0.2, 0.25) is 0 Å². The van der Waals surface area contributed by atoms with E-state index in [-0.39, 0.29) is 5.92 Å². The fourth-order valence-electron chi connectivity index (χ4n) is 3.70. The number of allylic oxidation sites excluding steroid dienone is 4. The van der Waals surface area contributed by atoms with E-state index in [0.29, 0.717) is 29.5 Å². The molecule has 0 aliphatic heterocycles. The molecular weight excluding hydrogens is 184 g/mol. The van der Waals surface area contributed by atoms with E-state index in [1.165, 1.54) is 6.42 Å². The number of rotatable bonds is 0. The Morgan fingerprint density at radius 2 is 2.07 bits per heavy atom. The Kier molecular flexibility index (Phi) is 2.08. The van der Waals surface area contributed by atoms with E-state index in [0.717, 1.165) is 12.8 Å². The molecule has 0 radical (unpaired) electrons. The predicted molar refractivity (Wildman–Crippen MR) is 60.3 cm³/mol. The van der Waals surface area contributed by atoms with Gasteiger partial charge in [0.1, 0.15) is 5.78 Å². The van der Waals surface area contributed by atoms with Crippen molar-refractivity contribution in [3.63, 3.8) is 0 Å². The second kappa shape index (κ2) is 3.33. The van der Waals surface area contributed by atoms with Crippen LogP contribution in [-0.4, -0.2) is 5.78 Å². The molecule has 0 aromatic carbocycles. The first-order valence-electron chi connectivity index (χ1n) is 6.16. The maximum Gasteiger partial charge on any atom is 0.143 e. The van der Waals surface area contributed by atoms with Gasteiger partial charge >= 0.3 is 0 Å². The fraction of sp³-hybridized carbons (Fsp3) is 0.643. The average molecular weight is 202 g/mol. The molecule has 4 rings (SSSR count). The van der Waals surface area contributed by atoms with Gasteiger partial charge in [-0.2, -0.15) is 0 Å². The van der Waals surface area contributed by atoms with Crippen LogP contribution >= 0.6 is 0 Å². The topological polar surface area (TPSA) is 17.1 Å². The van der Waals surface area contributed by atoms with Crippen LogP contribution < -0.4 is 0 Å². The van der Waals surface area contributed by atoms with Crippen molar-refractivity contribution in [1.82, 2.24) is 0 Å². The summed E-state index contributed by atoms with van der Waals surface area (Å²) in [5.74, 6) is 2.80. The summed E-state index contributed by atoms with van der Waals surface area (Å²) >= 11 is 0. The monoisotopic (exact) mass is 202 g/mol. The van der Waals surface area contributed by atoms with Gasteiger partial charge < -0.3 is 0 Å². The summed E-state index contributed by atoms with van der Waals surface area (Å²) in [5.41, 5.74) is 0. The SMILES string of the molecule is CC1C=CCC2C3C=CC(CC3)C(=O)C12. The van der Waals surface area contributed by atoms with Gasteiger partial charge in [0.15, 0.2) is 0 Å². The van der Waals surface area contributed by atoms with Crippen LogP contribution in [0.1, 0.15) is 26.2 Å². The first-order chi connectivity index (χ1) is 7.27. The summed E-state index contributed by atoms with van der Waals surface area (Å²) in [7, 11) is 0. The quantitative estimate of drug-likeness (QED) is 0.552. The summed E-state index contributed by atoms with van der Waals surface area (Å²) in [6, 6.07) is 0. The molecule has 1 nitrogen and oxygen atoms in total. The number of carbonyl (C=O) groups is 1. The van der Waals surface area contributed by atoms with Crippen LogP contribution in [0, 0.1) is 29.6 Å². The Morgan fingerprint density at radius 1 is 1.20 bits per heavy atom. The molecule has 0 amide bonds. The van der Waals surface area contributed by atoms with Crippen molar-refractivity contribution < 1.29 is 4.79 Å². The third-order valence-corrected chi connectivity index (χ3v) is 4.52. The molecule has 5 unspecified atom stereocenters. The van der Waals surface area contributed by atoms with Gasteiger partial charge in [-0.1, -0.05) is 31.2 Å². The highest BCUT2D eigenvalue weighted by atomic mass is 16.1. The molecule has 4 aliphatic carbocycles. The van der Waals surface area contributed by atoms with E-state index < -0.39 is 0 Å². The summed E-state index contributed by atoms with van der Waals surface area (Å²) in [6.07, 6.45) is 12.5. The summed E-state index contributed by atoms with van der Waals surface area (Å²) < 4.78 is 0. The second-order valence-electron chi connectivity index (χ2n) is 5.35. The largest absolute Gasteiger partial charge is 0.299 e. The van der Waals surface area contributed by atoms with Crippen molar-refractivity contribution in [2.75, 3.05) is 0 Å². The number of Topliss-reactive ketones (excluding diaryl/α,β-unsaturated/α-hetero) is 1. The maximum atomic E-state index is 12.4. The maximum absolute atomic E-state index is 12.4. The van der Waals surface area contributed by atoms with Crippen molar-refractivity contribution in [3.8, 4) is 0 Å². The van der Waals surface area contributed by atoms with Gasteiger partial charge in [-0.15, -0.1) is 0 Å². The van der Waals surface area contributed by atoms with Crippen LogP contribution in [0.3, 0.4) is 0 Å². The van der Waals surface area contributed by atoms with Gasteiger partial charge in [-0.3, -0.25) is 4.79 Å². The summed E-state index contributed by atoms with van der Waals surface area (Å²) in [5, 5.41) is 0. The van der Waals surface area contributed by atoms with E-state index >= 15 is 0 Å². The minimum Gasteiger partial charge on any atom is -0.299 e. The number of hydrogen-bond donors (Lipinski definition) is 0. The van der Waals surface area contributed by atoms with E-state index in [1.54, 1.807) is 0 Å². The molecule has 0 aromatic heterocycles. The van der Waals surface area contributed by atoms with Crippen LogP contribution in [0.2, 0.25) is 0 Å². The molecule has 1 saturated carbocycles. The zero-order valence-electron chi connectivity index (χ0n) is 9.23. The number of ketones is 1. The molecule has 0 N–H and O–H groups in total. The molecular formula is C14H18O. The molecule has 0 aromatic rings. The lowest BCUT2D eigenvalue weighted by Gasteiger charge is -2.33. The predicted octanol–water partition coefficient (Wildman–Crippen LogP) is 2.98. The molecule has 1 fully saturated rings. The Morgan fingerprint density at radius 3 is 2.80 bits per heavy atom. The van der Waals surface area contributed by atoms with Crippen molar-refractivity contribution in [2.45, 2.75) is 26.2 Å². The van der Waals surface area contributed by atoms with E-state index in [9.17, 15) is 4.79 Å². The first-order valence-corrected chi connectivity index (χ1v) is 6.16. The molecule has 0 spiro atoms. The lowest BCUT2D eigenvalue weighted by Crippen LogP contribution is -2.33. The van der Waals surface area contributed by atoms with Gasteiger partial charge in [0.25, 0.3) is 0 Å². The standard InChI is InChI=1S/C14H18O/c1-9-3-2-4-12-10-5-7-11(8-6-10)14(15)13(9)12/h2-3,5,7,9-13H,4,6,8H2,1H3. The van der Waals surface area contributed by atoms with Gasteiger partial charge in [-0.05, 0) is 37.0 Å². The minimum absolute atomic E-state index is 0.241. The average Bonchev–Trinajstić information content (AvgIpc) is 2.48. The molecule has 0 heterocycles. The molecule has 1 heteroatoms. The van der Waals surface area contributed by atoms with Crippen LogP contribution in [0.25, 0.3) is 0 Å². The number of hydrogen-bond acceptors (Lipinski definition) is 1. The highest BCUT2D eigenvalue weighted by Crippen LogP contribution is 2.46. The van der Waals surface area contributed by atoms with Crippen molar-refractivity contribution >= 4 is 5.78 Å². The molecule has 2 bridgehead atoms. The molecule has 15 heavy (non-hydrogen) atoms. The van der Waals surface area contributed by atoms with E-state index in [2.05, 4.69) is 31.2 Å². The zero-order valence-corrected chi connectivity index (χ0v) is 9.23. The minimum atomic E-state index is 0.241. The van der Waals surface area contributed by atoms with Crippen LogP contribution in [0.4, 0.5) is 0 Å². The van der Waals surface area contributed by atoms with Crippen LogP contribution in [-0.2, 0) is 4.79 Å². The zero-order chi connectivity index (χ0) is 10.4. The van der Waals surface area contributed by atoms with Crippen LogP contribution in [0.5, 0.6) is 0 Å². The third-order valence-electron chi connectivity index (χ3n) is 4.52. The molecule has 4 aliphatic rings. The van der Waals surface area contributed by atoms with Gasteiger partial charge in [0, 0.05) is 11.8 Å². The Hall–Kier alpha value is -0.850. The van der Waals surface area contributed by atoms with E-state index in [1.807, 2.05) is 0 Å². The first kappa shape index (κ1) is 9.38. The number of fused-ring (bicyclic) bond motifs is 1. The van der Waals surface area contributed by atoms with Crippen molar-refractivity contribution in [3.05, 3.63) is 24.3 Å². The van der Waals surface area contributed by atoms with Crippen molar-refractivity contribution in [1.29, 1.82) is 0 Å². The van der Waals surface area contributed by atoms with E-state index in [4.69, 9.17) is 0 Å². The molecule has 80 valence electrons. The Balaban J connectivity index is 2.02. The molecule has 5 atom stereocenters. The van der Waals surface area contributed by atoms with Crippen LogP contribution in [0.15, 0.2) is 24.3 Å². The molecule has 0 saturated heterocycles. The normalized spacial score (nSPS) is 47.8. The second-order valence-corrected chi connectivity index (χ2v) is 5.35. The lowest BCUT2D eigenvalue weighted by molar-refractivity contribution is -0.127. The van der Waals surface area contributed by atoms with Gasteiger partial charge in [-0.25, -0.2) is 0 Å². The smallest absolute Gasteiger partial charge is 0.143 e. The highest BCUT2D eigenvalue weighted by Gasteiger charge is 2.43. The highest BCUT2D eigenvalue weighted by molar-refractivity contribution is 5.86. The lowest BCUT2D eigenvalue weighted by atomic mass is 9.70. The number of carbonyl (C=O) groups excluding carboxylic acids is 1. The van der Waals surface area contributed by atoms with Crippen molar-refractivity contribution in [2.24, 2.45) is 29.6 Å².